The van der Waals surface area contributed by atoms with Gasteiger partial charge in [0.25, 0.3) is 0 Å². The number of nitrogens with two attached hydrogens (primary N) is 1. The quantitative estimate of drug-likeness (QED) is 0.656. The Balaban J connectivity index is 1.52. The average Bonchev–Trinajstić information content (AvgIpc) is 3.20. The molecule has 1 saturated carbocycles. The van der Waals surface area contributed by atoms with Gasteiger partial charge in [-0.1, -0.05) is 0 Å². The van der Waals surface area contributed by atoms with Gasteiger partial charge in [0.1, 0.15) is 0 Å². The predicted molar refractivity (Wildman–Crippen MR) is 74.6 cm³/mol. The molecule has 1 aliphatic heterocycles. The van der Waals surface area contributed by atoms with Crippen LogP contribution < -0.4 is 5.73 Å². The largest absolute Gasteiger partial charge is 0.389 e. The third kappa shape index (κ3) is 4.50. The van der Waals surface area contributed by atoms with Gasteiger partial charge in [0.05, 0.1) is 5.60 Å². The fourth-order valence-electron chi connectivity index (χ4n) is 2.74. The van der Waals surface area contributed by atoms with Crippen molar-refractivity contribution in [3.8, 4) is 0 Å². The first kappa shape index (κ1) is 14.3. The van der Waals surface area contributed by atoms with E-state index in [2.05, 4.69) is 9.80 Å². The van der Waals surface area contributed by atoms with Crippen molar-refractivity contribution >= 4 is 0 Å². The van der Waals surface area contributed by atoms with Crippen molar-refractivity contribution in [1.29, 1.82) is 0 Å². The minimum absolute atomic E-state index is 0.368. The van der Waals surface area contributed by atoms with Gasteiger partial charge in [-0.25, -0.2) is 0 Å². The Morgan fingerprint density at radius 3 is 2.39 bits per heavy atom. The van der Waals surface area contributed by atoms with Crippen LogP contribution in [0.15, 0.2) is 0 Å². The van der Waals surface area contributed by atoms with Gasteiger partial charge in [-0.3, -0.25) is 4.90 Å². The van der Waals surface area contributed by atoms with E-state index in [0.29, 0.717) is 6.54 Å². The molecule has 0 aromatic heterocycles. The third-order valence-electron chi connectivity index (χ3n) is 4.35. The second-order valence-electron chi connectivity index (χ2n) is 6.27. The van der Waals surface area contributed by atoms with Gasteiger partial charge < -0.3 is 15.7 Å². The van der Waals surface area contributed by atoms with E-state index < -0.39 is 5.60 Å². The standard InChI is InChI=1S/C14H29N3O/c1-14(18,12-15)6-2-3-7-16-8-10-17(11-9-16)13-4-5-13/h13,18H,2-12,15H2,1H3. The highest BCUT2D eigenvalue weighted by Crippen LogP contribution is 2.27. The summed E-state index contributed by atoms with van der Waals surface area (Å²) in [5.74, 6) is 0. The van der Waals surface area contributed by atoms with Gasteiger partial charge in [0.15, 0.2) is 0 Å². The maximum atomic E-state index is 9.82. The van der Waals surface area contributed by atoms with E-state index in [9.17, 15) is 5.11 Å². The van der Waals surface area contributed by atoms with Crippen LogP contribution in [0.1, 0.15) is 39.0 Å². The van der Waals surface area contributed by atoms with E-state index in [1.807, 2.05) is 6.92 Å². The van der Waals surface area contributed by atoms with Crippen LogP contribution >= 0.6 is 0 Å². The van der Waals surface area contributed by atoms with Crippen molar-refractivity contribution in [3.05, 3.63) is 0 Å². The normalized spacial score (nSPS) is 26.2. The molecular formula is C14H29N3O. The molecular weight excluding hydrogens is 226 g/mol. The molecule has 1 heterocycles. The van der Waals surface area contributed by atoms with Gasteiger partial charge in [0.2, 0.25) is 0 Å². The van der Waals surface area contributed by atoms with Crippen molar-refractivity contribution in [1.82, 2.24) is 9.80 Å². The molecule has 106 valence electrons. The lowest BCUT2D eigenvalue weighted by atomic mass is 9.99. The number of hydrogen-bond donors (Lipinski definition) is 2. The molecule has 1 saturated heterocycles. The van der Waals surface area contributed by atoms with Crippen LogP contribution in [0.2, 0.25) is 0 Å². The number of piperazine rings is 1. The minimum Gasteiger partial charge on any atom is -0.389 e. The Bertz CT molecular complexity index is 245. The molecule has 18 heavy (non-hydrogen) atoms. The molecule has 0 aromatic carbocycles. The Kier molecular flexibility index (Phi) is 5.01. The van der Waals surface area contributed by atoms with Gasteiger partial charge in [-0.05, 0) is 45.6 Å². The summed E-state index contributed by atoms with van der Waals surface area (Å²) >= 11 is 0. The zero-order valence-corrected chi connectivity index (χ0v) is 11.8. The van der Waals surface area contributed by atoms with Crippen LogP contribution in [0.5, 0.6) is 0 Å². The molecule has 4 nitrogen and oxygen atoms in total. The molecule has 1 unspecified atom stereocenters. The highest BCUT2D eigenvalue weighted by Gasteiger charge is 2.30. The zero-order valence-electron chi connectivity index (χ0n) is 11.8. The van der Waals surface area contributed by atoms with Crippen LogP contribution in [-0.4, -0.2) is 65.8 Å². The number of rotatable bonds is 7. The Hall–Kier alpha value is -0.160. The van der Waals surface area contributed by atoms with Gasteiger partial charge >= 0.3 is 0 Å². The van der Waals surface area contributed by atoms with Gasteiger partial charge in [0, 0.05) is 38.8 Å². The van der Waals surface area contributed by atoms with Gasteiger partial charge in [-0.2, -0.15) is 0 Å². The summed E-state index contributed by atoms with van der Waals surface area (Å²) in [6, 6.07) is 0.923. The lowest BCUT2D eigenvalue weighted by Crippen LogP contribution is -2.47. The summed E-state index contributed by atoms with van der Waals surface area (Å²) in [7, 11) is 0. The first-order valence-electron chi connectivity index (χ1n) is 7.49. The molecule has 2 fully saturated rings. The molecule has 2 aliphatic rings. The van der Waals surface area contributed by atoms with E-state index in [0.717, 1.165) is 18.9 Å². The highest BCUT2D eigenvalue weighted by molar-refractivity contribution is 4.87. The van der Waals surface area contributed by atoms with Crippen molar-refractivity contribution in [2.24, 2.45) is 5.73 Å². The van der Waals surface area contributed by atoms with Crippen molar-refractivity contribution in [2.45, 2.75) is 50.7 Å². The molecule has 0 radical (unpaired) electrons. The Labute approximate surface area is 111 Å². The molecule has 0 aromatic rings. The SMILES string of the molecule is CC(O)(CN)CCCCN1CCN(C2CC2)CC1. The number of aliphatic hydroxyl groups is 1. The Morgan fingerprint density at radius 2 is 1.83 bits per heavy atom. The highest BCUT2D eigenvalue weighted by atomic mass is 16.3. The van der Waals surface area contributed by atoms with Crippen LogP contribution in [0.3, 0.4) is 0 Å². The molecule has 0 amide bonds. The summed E-state index contributed by atoms with van der Waals surface area (Å²) < 4.78 is 0. The van der Waals surface area contributed by atoms with E-state index in [4.69, 9.17) is 5.73 Å². The predicted octanol–water partition coefficient (Wildman–Crippen LogP) is 0.646. The maximum absolute atomic E-state index is 9.82. The summed E-state index contributed by atoms with van der Waals surface area (Å²) in [5.41, 5.74) is 4.85. The van der Waals surface area contributed by atoms with Crippen molar-refractivity contribution < 1.29 is 5.11 Å². The third-order valence-corrected chi connectivity index (χ3v) is 4.35. The Morgan fingerprint density at radius 1 is 1.17 bits per heavy atom. The average molecular weight is 255 g/mol. The second-order valence-corrected chi connectivity index (χ2v) is 6.27. The number of nitrogens with zero attached hydrogens (tertiary/aromatic N) is 2. The topological polar surface area (TPSA) is 52.7 Å². The lowest BCUT2D eigenvalue weighted by molar-refractivity contribution is 0.0552. The van der Waals surface area contributed by atoms with E-state index in [1.54, 1.807) is 0 Å². The monoisotopic (exact) mass is 255 g/mol. The van der Waals surface area contributed by atoms with Crippen molar-refractivity contribution in [2.75, 3.05) is 39.3 Å². The number of unbranched alkanes of at least 4 members (excludes halogenated alkanes) is 1. The lowest BCUT2D eigenvalue weighted by Gasteiger charge is -2.35. The first-order chi connectivity index (χ1) is 8.61. The summed E-state index contributed by atoms with van der Waals surface area (Å²) in [6.45, 7) is 8.34. The summed E-state index contributed by atoms with van der Waals surface area (Å²) in [5, 5.41) is 9.82. The van der Waals surface area contributed by atoms with Crippen LogP contribution in [0.25, 0.3) is 0 Å². The van der Waals surface area contributed by atoms with Crippen molar-refractivity contribution in [3.63, 3.8) is 0 Å². The maximum Gasteiger partial charge on any atom is 0.0741 e. The fraction of sp³-hybridized carbons (Fsp3) is 1.00. The molecule has 3 N–H and O–H groups in total. The molecule has 2 rings (SSSR count). The summed E-state index contributed by atoms with van der Waals surface area (Å²) in [6.07, 6.45) is 5.93. The van der Waals surface area contributed by atoms with E-state index >= 15 is 0 Å². The molecule has 0 bridgehead atoms. The minimum atomic E-state index is -0.662. The molecule has 1 atom stereocenters. The first-order valence-corrected chi connectivity index (χ1v) is 7.49. The smallest absolute Gasteiger partial charge is 0.0741 e. The summed E-state index contributed by atoms with van der Waals surface area (Å²) in [4.78, 5) is 5.21. The second kappa shape index (κ2) is 6.33. The fourth-order valence-corrected chi connectivity index (χ4v) is 2.74. The van der Waals surface area contributed by atoms with Gasteiger partial charge in [-0.15, -0.1) is 0 Å². The van der Waals surface area contributed by atoms with Crippen LogP contribution in [0, 0.1) is 0 Å². The molecule has 0 spiro atoms. The van der Waals surface area contributed by atoms with E-state index in [-0.39, 0.29) is 0 Å². The molecule has 1 aliphatic carbocycles. The van der Waals surface area contributed by atoms with Crippen LogP contribution in [-0.2, 0) is 0 Å². The zero-order chi connectivity index (χ0) is 13.0. The van der Waals surface area contributed by atoms with Crippen LogP contribution in [0.4, 0.5) is 0 Å². The van der Waals surface area contributed by atoms with E-state index in [1.165, 1.54) is 52.0 Å². The molecule has 4 heteroatoms. The number of hydrogen-bond acceptors (Lipinski definition) is 4.